The number of amides is 1. The second-order valence-electron chi connectivity index (χ2n) is 7.96. The van der Waals surface area contributed by atoms with Crippen LogP contribution in [0.5, 0.6) is 0 Å². The molecule has 1 amide bonds. The van der Waals surface area contributed by atoms with Crippen LogP contribution in [0.15, 0.2) is 92.6 Å². The fourth-order valence-corrected chi connectivity index (χ4v) is 5.16. The predicted octanol–water partition coefficient (Wildman–Crippen LogP) is 4.43. The van der Waals surface area contributed by atoms with Crippen molar-refractivity contribution in [1.29, 1.82) is 0 Å². The van der Waals surface area contributed by atoms with Crippen LogP contribution in [0.25, 0.3) is 6.08 Å². The van der Waals surface area contributed by atoms with Crippen LogP contribution in [0, 0.1) is 6.92 Å². The lowest BCUT2D eigenvalue weighted by Crippen LogP contribution is -2.40. The third-order valence-electron chi connectivity index (χ3n) is 5.69. The first-order valence-electron chi connectivity index (χ1n) is 10.6. The lowest BCUT2D eigenvalue weighted by Gasteiger charge is -2.25. The molecule has 0 saturated heterocycles. The number of hydrogen-bond donors (Lipinski definition) is 1. The number of benzene rings is 2. The normalized spacial score (nSPS) is 15.7. The lowest BCUT2D eigenvalue weighted by molar-refractivity contribution is -0.113. The minimum atomic E-state index is -0.649. The molecule has 0 saturated carbocycles. The molecule has 0 radical (unpaired) electrons. The van der Waals surface area contributed by atoms with Crippen LogP contribution in [0.4, 0.5) is 5.69 Å². The van der Waals surface area contributed by atoms with Gasteiger partial charge in [-0.25, -0.2) is 4.99 Å². The molecule has 2 aromatic heterocycles. The van der Waals surface area contributed by atoms with Crippen molar-refractivity contribution in [2.75, 3.05) is 5.32 Å². The maximum absolute atomic E-state index is 13.6. The van der Waals surface area contributed by atoms with Crippen LogP contribution >= 0.6 is 22.9 Å². The molecule has 0 spiro atoms. The van der Waals surface area contributed by atoms with E-state index in [1.54, 1.807) is 48.3 Å². The largest absolute Gasteiger partial charge is 0.472 e. The number of fused-ring (bicyclic) bond motifs is 1. The fraction of sp³-hybridized carbons (Fsp3) is 0.115. The molecule has 0 bridgehead atoms. The lowest BCUT2D eigenvalue weighted by atomic mass is 9.95. The molecule has 0 fully saturated rings. The van der Waals surface area contributed by atoms with Crippen molar-refractivity contribution in [2.45, 2.75) is 19.9 Å². The van der Waals surface area contributed by atoms with Crippen molar-refractivity contribution < 1.29 is 9.21 Å². The van der Waals surface area contributed by atoms with Gasteiger partial charge in [0.05, 0.1) is 34.4 Å². The minimum absolute atomic E-state index is 0.224. The van der Waals surface area contributed by atoms with Gasteiger partial charge in [-0.3, -0.25) is 14.2 Å². The van der Waals surface area contributed by atoms with E-state index < -0.39 is 6.04 Å². The molecule has 1 atom stereocenters. The van der Waals surface area contributed by atoms with Crippen molar-refractivity contribution in [1.82, 2.24) is 4.57 Å². The summed E-state index contributed by atoms with van der Waals surface area (Å²) < 4.78 is 7.22. The van der Waals surface area contributed by atoms with E-state index in [1.165, 1.54) is 11.3 Å². The Hall–Kier alpha value is -3.68. The number of halogens is 1. The molecule has 0 aliphatic carbocycles. The maximum Gasteiger partial charge on any atom is 0.271 e. The minimum Gasteiger partial charge on any atom is -0.472 e. The van der Waals surface area contributed by atoms with Gasteiger partial charge in [0.25, 0.3) is 11.5 Å². The summed E-state index contributed by atoms with van der Waals surface area (Å²) >= 11 is 7.41. The number of nitrogens with one attached hydrogen (secondary N) is 1. The second-order valence-corrected chi connectivity index (χ2v) is 9.40. The first-order chi connectivity index (χ1) is 16.4. The molecule has 5 rings (SSSR count). The molecule has 1 N–H and O–H groups in total. The van der Waals surface area contributed by atoms with E-state index in [1.807, 2.05) is 43.3 Å². The van der Waals surface area contributed by atoms with E-state index in [0.717, 1.165) is 16.7 Å². The summed E-state index contributed by atoms with van der Waals surface area (Å²) in [5.41, 5.74) is 3.94. The fourth-order valence-electron chi connectivity index (χ4n) is 3.98. The van der Waals surface area contributed by atoms with Gasteiger partial charge in [-0.15, -0.1) is 0 Å². The zero-order chi connectivity index (χ0) is 23.8. The SMILES string of the molecule is CC1=C(C(=O)Nc2ccccc2C)[C@H](c2ccc(Cl)cc2)n2c(sc(=Cc3ccoc3)c2=O)=N1. The number of aryl methyl sites for hydroxylation is 1. The Kier molecular flexibility index (Phi) is 5.81. The zero-order valence-electron chi connectivity index (χ0n) is 18.4. The van der Waals surface area contributed by atoms with E-state index in [9.17, 15) is 9.59 Å². The maximum atomic E-state index is 13.6. The quantitative estimate of drug-likeness (QED) is 0.460. The van der Waals surface area contributed by atoms with Crippen molar-refractivity contribution in [3.8, 4) is 0 Å². The van der Waals surface area contributed by atoms with Crippen LogP contribution in [-0.4, -0.2) is 10.5 Å². The molecule has 0 unspecified atom stereocenters. The first kappa shape index (κ1) is 22.1. The number of rotatable bonds is 4. The van der Waals surface area contributed by atoms with E-state index in [-0.39, 0.29) is 11.5 Å². The summed E-state index contributed by atoms with van der Waals surface area (Å²) in [6.45, 7) is 3.72. The Bertz CT molecular complexity index is 1600. The van der Waals surface area contributed by atoms with Gasteiger partial charge in [0.15, 0.2) is 4.80 Å². The van der Waals surface area contributed by atoms with Crippen molar-refractivity contribution in [3.63, 3.8) is 0 Å². The topological polar surface area (TPSA) is 76.6 Å². The number of thiazole rings is 1. The third-order valence-corrected chi connectivity index (χ3v) is 6.92. The number of aromatic nitrogens is 1. The van der Waals surface area contributed by atoms with Gasteiger partial charge in [0, 0.05) is 16.3 Å². The molecule has 2 aromatic carbocycles. The molecular formula is C26H20ClN3O3S. The van der Waals surface area contributed by atoms with E-state index in [4.69, 9.17) is 16.0 Å². The standard InChI is InChI=1S/C26H20ClN3O3S/c1-15-5-3-4-6-20(15)29-24(31)22-16(2)28-26-30(23(22)18-7-9-19(27)10-8-18)25(32)21(34-26)13-17-11-12-33-14-17/h3-14,23H,1-2H3,(H,29,31)/t23-/m0/s1. The molecular weight excluding hydrogens is 470 g/mol. The number of carbonyl (C=O) groups excluding carboxylic acids is 1. The smallest absolute Gasteiger partial charge is 0.271 e. The van der Waals surface area contributed by atoms with E-state index in [0.29, 0.717) is 31.3 Å². The average molecular weight is 490 g/mol. The molecule has 4 aromatic rings. The van der Waals surface area contributed by atoms with Gasteiger partial charge in [0.1, 0.15) is 0 Å². The van der Waals surface area contributed by atoms with Gasteiger partial charge in [0.2, 0.25) is 0 Å². The summed E-state index contributed by atoms with van der Waals surface area (Å²) in [7, 11) is 0. The highest BCUT2D eigenvalue weighted by atomic mass is 35.5. The third kappa shape index (κ3) is 4.04. The Morgan fingerprint density at radius 3 is 2.62 bits per heavy atom. The summed E-state index contributed by atoms with van der Waals surface area (Å²) in [5.74, 6) is -0.306. The van der Waals surface area contributed by atoms with Crippen LogP contribution in [0.3, 0.4) is 0 Å². The number of anilines is 1. The monoisotopic (exact) mass is 489 g/mol. The molecule has 8 heteroatoms. The van der Waals surface area contributed by atoms with E-state index >= 15 is 0 Å². The number of allylic oxidation sites excluding steroid dienone is 1. The zero-order valence-corrected chi connectivity index (χ0v) is 20.0. The Morgan fingerprint density at radius 1 is 1.15 bits per heavy atom. The number of hydrogen-bond acceptors (Lipinski definition) is 5. The number of nitrogens with zero attached hydrogens (tertiary/aromatic N) is 2. The van der Waals surface area contributed by atoms with Crippen LogP contribution < -0.4 is 20.2 Å². The Morgan fingerprint density at radius 2 is 1.91 bits per heavy atom. The molecule has 34 heavy (non-hydrogen) atoms. The number of para-hydroxylation sites is 1. The highest BCUT2D eigenvalue weighted by Crippen LogP contribution is 2.31. The van der Waals surface area contributed by atoms with Gasteiger partial charge in [-0.05, 0) is 55.3 Å². The summed E-state index contributed by atoms with van der Waals surface area (Å²) in [4.78, 5) is 32.3. The predicted molar refractivity (Wildman–Crippen MR) is 134 cm³/mol. The van der Waals surface area contributed by atoms with E-state index in [2.05, 4.69) is 10.3 Å². The van der Waals surface area contributed by atoms with Gasteiger partial charge < -0.3 is 9.73 Å². The summed E-state index contributed by atoms with van der Waals surface area (Å²) in [6, 6.07) is 15.9. The molecule has 170 valence electrons. The second kappa shape index (κ2) is 8.93. The van der Waals surface area contributed by atoms with Crippen LogP contribution in [-0.2, 0) is 4.79 Å². The number of carbonyl (C=O) groups is 1. The van der Waals surface area contributed by atoms with Gasteiger partial charge >= 0.3 is 0 Å². The number of furan rings is 1. The molecule has 1 aliphatic rings. The molecule has 1 aliphatic heterocycles. The van der Waals surface area contributed by atoms with Crippen molar-refractivity contribution >= 4 is 40.6 Å². The van der Waals surface area contributed by atoms with Crippen LogP contribution in [0.2, 0.25) is 5.02 Å². The van der Waals surface area contributed by atoms with Crippen LogP contribution in [0.1, 0.15) is 29.7 Å². The van der Waals surface area contributed by atoms with Gasteiger partial charge in [-0.2, -0.15) is 0 Å². The Balaban J connectivity index is 1.68. The Labute approximate surface area is 204 Å². The first-order valence-corrected chi connectivity index (χ1v) is 11.8. The molecule has 3 heterocycles. The highest BCUT2D eigenvalue weighted by Gasteiger charge is 2.32. The summed E-state index contributed by atoms with van der Waals surface area (Å²) in [5, 5.41) is 3.57. The van der Waals surface area contributed by atoms with Crippen molar-refractivity contribution in [2.24, 2.45) is 4.99 Å². The van der Waals surface area contributed by atoms with Crippen molar-refractivity contribution in [3.05, 3.63) is 120 Å². The van der Waals surface area contributed by atoms with Gasteiger partial charge in [-0.1, -0.05) is 53.3 Å². The average Bonchev–Trinajstić information content (AvgIpc) is 3.43. The molecule has 6 nitrogen and oxygen atoms in total. The highest BCUT2D eigenvalue weighted by molar-refractivity contribution is 7.07. The summed E-state index contributed by atoms with van der Waals surface area (Å²) in [6.07, 6.45) is 4.89.